The molecule has 2 amide bonds. The Balaban J connectivity index is 1.74. The molecule has 2 aromatic rings. The molecule has 2 aliphatic rings. The SMILES string of the molecule is Cn1c(=O)n(C2CCC(=O)NC2=O)c2ccc(C3CCN(S)CC3)cc21. The van der Waals surface area contributed by atoms with Crippen molar-refractivity contribution in [3.8, 4) is 0 Å². The zero-order valence-electron chi connectivity index (χ0n) is 14.6. The average molecular weight is 374 g/mol. The number of hydrogen-bond acceptors (Lipinski definition) is 5. The monoisotopic (exact) mass is 374 g/mol. The zero-order chi connectivity index (χ0) is 18.4. The summed E-state index contributed by atoms with van der Waals surface area (Å²) in [5.41, 5.74) is 2.56. The largest absolute Gasteiger partial charge is 0.329 e. The van der Waals surface area contributed by atoms with E-state index in [1.807, 2.05) is 10.4 Å². The van der Waals surface area contributed by atoms with Gasteiger partial charge >= 0.3 is 5.69 Å². The highest BCUT2D eigenvalue weighted by atomic mass is 32.1. The van der Waals surface area contributed by atoms with E-state index in [2.05, 4.69) is 30.3 Å². The second kappa shape index (κ2) is 6.59. The molecule has 4 rings (SSSR count). The first-order chi connectivity index (χ1) is 12.5. The standard InChI is InChI=1S/C18H22N4O3S/c1-20-15-10-12(11-6-8-21(26)9-7-11)2-3-13(15)22(18(20)25)14-4-5-16(23)19-17(14)24/h2-3,10-11,14,26H,4-9H2,1H3,(H,19,23,24). The van der Waals surface area contributed by atoms with E-state index in [1.54, 1.807) is 11.6 Å². The predicted octanol–water partition coefficient (Wildman–Crippen LogP) is 1.34. The summed E-state index contributed by atoms with van der Waals surface area (Å²) in [5, 5.41) is 2.34. The van der Waals surface area contributed by atoms with Gasteiger partial charge in [-0.1, -0.05) is 18.9 Å². The lowest BCUT2D eigenvalue weighted by Crippen LogP contribution is -2.44. The maximum absolute atomic E-state index is 12.8. The van der Waals surface area contributed by atoms with Crippen molar-refractivity contribution < 1.29 is 9.59 Å². The van der Waals surface area contributed by atoms with Gasteiger partial charge in [-0.25, -0.2) is 4.79 Å². The molecule has 1 aromatic carbocycles. The summed E-state index contributed by atoms with van der Waals surface area (Å²) in [4.78, 5) is 36.4. The summed E-state index contributed by atoms with van der Waals surface area (Å²) in [5.74, 6) is -0.227. The van der Waals surface area contributed by atoms with E-state index < -0.39 is 11.9 Å². The summed E-state index contributed by atoms with van der Waals surface area (Å²) in [6.45, 7) is 1.89. The third-order valence-electron chi connectivity index (χ3n) is 5.58. The van der Waals surface area contributed by atoms with Crippen molar-refractivity contribution in [2.24, 2.45) is 7.05 Å². The first-order valence-corrected chi connectivity index (χ1v) is 9.34. The molecule has 1 N–H and O–H groups in total. The van der Waals surface area contributed by atoms with Gasteiger partial charge in [0.25, 0.3) is 0 Å². The molecule has 2 saturated heterocycles. The van der Waals surface area contributed by atoms with Crippen molar-refractivity contribution in [2.75, 3.05) is 13.1 Å². The topological polar surface area (TPSA) is 76.3 Å². The third kappa shape index (κ3) is 2.87. The fourth-order valence-electron chi connectivity index (χ4n) is 4.06. The summed E-state index contributed by atoms with van der Waals surface area (Å²) < 4.78 is 5.15. The minimum absolute atomic E-state index is 0.225. The number of carbonyl (C=O) groups excluding carboxylic acids is 2. The Kier molecular flexibility index (Phi) is 4.40. The molecule has 0 saturated carbocycles. The zero-order valence-corrected chi connectivity index (χ0v) is 15.5. The third-order valence-corrected chi connectivity index (χ3v) is 5.98. The number of hydrogen-bond donors (Lipinski definition) is 2. The number of carbonyl (C=O) groups is 2. The van der Waals surface area contributed by atoms with Crippen LogP contribution in [-0.4, -0.2) is 38.3 Å². The van der Waals surface area contributed by atoms with Crippen LogP contribution in [0.2, 0.25) is 0 Å². The van der Waals surface area contributed by atoms with Crippen LogP contribution in [0.1, 0.15) is 43.2 Å². The highest BCUT2D eigenvalue weighted by Crippen LogP contribution is 2.31. The molecule has 1 aromatic heterocycles. The smallest absolute Gasteiger partial charge is 0.295 e. The van der Waals surface area contributed by atoms with Gasteiger partial charge in [0.05, 0.1) is 11.0 Å². The van der Waals surface area contributed by atoms with Gasteiger partial charge < -0.3 is 0 Å². The number of thiol groups is 1. The number of aromatic nitrogens is 2. The van der Waals surface area contributed by atoms with Crippen LogP contribution in [0.4, 0.5) is 0 Å². The number of piperidine rings is 2. The maximum Gasteiger partial charge on any atom is 0.329 e. The number of benzene rings is 1. The first-order valence-electron chi connectivity index (χ1n) is 8.94. The Morgan fingerprint density at radius 3 is 2.50 bits per heavy atom. The molecule has 1 atom stereocenters. The second-order valence-electron chi connectivity index (χ2n) is 7.15. The molecule has 8 heteroatoms. The van der Waals surface area contributed by atoms with Gasteiger partial charge in [0.1, 0.15) is 6.04 Å². The van der Waals surface area contributed by atoms with Gasteiger partial charge in [-0.3, -0.25) is 28.3 Å². The summed E-state index contributed by atoms with van der Waals surface area (Å²) >= 11 is 4.40. The highest BCUT2D eigenvalue weighted by molar-refractivity contribution is 7.77. The summed E-state index contributed by atoms with van der Waals surface area (Å²) in [6.07, 6.45) is 2.68. The molecule has 3 heterocycles. The van der Waals surface area contributed by atoms with Crippen LogP contribution in [0.25, 0.3) is 11.0 Å². The fraction of sp³-hybridized carbons (Fsp3) is 0.500. The number of imide groups is 1. The molecule has 1 unspecified atom stereocenters. The van der Waals surface area contributed by atoms with Crippen molar-refractivity contribution in [3.63, 3.8) is 0 Å². The van der Waals surface area contributed by atoms with E-state index in [1.165, 1.54) is 10.1 Å². The van der Waals surface area contributed by atoms with E-state index in [4.69, 9.17) is 0 Å². The lowest BCUT2D eigenvalue weighted by molar-refractivity contribution is -0.135. The lowest BCUT2D eigenvalue weighted by atomic mass is 9.90. The molecule has 2 aliphatic heterocycles. The highest BCUT2D eigenvalue weighted by Gasteiger charge is 2.31. The van der Waals surface area contributed by atoms with Crippen LogP contribution in [0.3, 0.4) is 0 Å². The molecule has 2 fully saturated rings. The number of aryl methyl sites for hydroxylation is 1. The van der Waals surface area contributed by atoms with Crippen LogP contribution in [0.15, 0.2) is 23.0 Å². The van der Waals surface area contributed by atoms with Crippen LogP contribution >= 0.6 is 12.8 Å². The minimum Gasteiger partial charge on any atom is -0.295 e. The first kappa shape index (κ1) is 17.4. The van der Waals surface area contributed by atoms with Crippen LogP contribution in [0.5, 0.6) is 0 Å². The van der Waals surface area contributed by atoms with Gasteiger partial charge in [0.15, 0.2) is 0 Å². The second-order valence-corrected chi connectivity index (χ2v) is 7.72. The van der Waals surface area contributed by atoms with E-state index >= 15 is 0 Å². The van der Waals surface area contributed by atoms with E-state index in [0.717, 1.165) is 37.0 Å². The van der Waals surface area contributed by atoms with Gasteiger partial charge in [-0.05, 0) is 42.9 Å². The number of nitrogens with zero attached hydrogens (tertiary/aromatic N) is 3. The molecular formula is C18H22N4O3S. The van der Waals surface area contributed by atoms with Crippen molar-refractivity contribution in [1.82, 2.24) is 18.8 Å². The van der Waals surface area contributed by atoms with E-state index in [9.17, 15) is 14.4 Å². The molecule has 138 valence electrons. The fourth-order valence-corrected chi connectivity index (χ4v) is 4.29. The number of rotatable bonds is 2. The molecule has 7 nitrogen and oxygen atoms in total. The maximum atomic E-state index is 12.8. The lowest BCUT2D eigenvalue weighted by Gasteiger charge is -2.28. The predicted molar refractivity (Wildman–Crippen MR) is 101 cm³/mol. The van der Waals surface area contributed by atoms with Crippen molar-refractivity contribution in [1.29, 1.82) is 0 Å². The Bertz CT molecular complexity index is 940. The van der Waals surface area contributed by atoms with Crippen molar-refractivity contribution in [3.05, 3.63) is 34.2 Å². The quantitative estimate of drug-likeness (QED) is 0.614. The molecule has 0 aliphatic carbocycles. The van der Waals surface area contributed by atoms with E-state index in [-0.39, 0.29) is 18.0 Å². The van der Waals surface area contributed by atoms with E-state index in [0.29, 0.717) is 12.3 Å². The molecule has 26 heavy (non-hydrogen) atoms. The average Bonchev–Trinajstić information content (AvgIpc) is 2.87. The Hall–Kier alpha value is -2.06. The van der Waals surface area contributed by atoms with Crippen molar-refractivity contribution >= 4 is 35.7 Å². The Labute approximate surface area is 156 Å². The van der Waals surface area contributed by atoms with Gasteiger partial charge in [-0.2, -0.15) is 0 Å². The van der Waals surface area contributed by atoms with Crippen LogP contribution < -0.4 is 11.0 Å². The number of fused-ring (bicyclic) bond motifs is 1. The molecule has 0 bridgehead atoms. The molecule has 0 radical (unpaired) electrons. The van der Waals surface area contributed by atoms with Crippen LogP contribution in [-0.2, 0) is 16.6 Å². The molecular weight excluding hydrogens is 352 g/mol. The number of imidazole rings is 1. The number of nitrogens with one attached hydrogen (secondary N) is 1. The summed E-state index contributed by atoms with van der Waals surface area (Å²) in [7, 11) is 1.73. The Morgan fingerprint density at radius 1 is 1.08 bits per heavy atom. The number of amides is 2. The van der Waals surface area contributed by atoms with Crippen LogP contribution in [0, 0.1) is 0 Å². The summed E-state index contributed by atoms with van der Waals surface area (Å²) in [6, 6.07) is 5.42. The normalized spacial score (nSPS) is 22.8. The van der Waals surface area contributed by atoms with Gasteiger partial charge in [0.2, 0.25) is 11.8 Å². The molecule has 0 spiro atoms. The van der Waals surface area contributed by atoms with Gasteiger partial charge in [0, 0.05) is 26.6 Å². The van der Waals surface area contributed by atoms with Gasteiger partial charge in [-0.15, -0.1) is 0 Å². The van der Waals surface area contributed by atoms with Crippen molar-refractivity contribution in [2.45, 2.75) is 37.6 Å². The Morgan fingerprint density at radius 2 is 1.81 bits per heavy atom. The minimum atomic E-state index is -0.637.